The minimum atomic E-state index is -4.60. The quantitative estimate of drug-likeness (QED) is 0.380. The van der Waals surface area contributed by atoms with Gasteiger partial charge in [0.05, 0.1) is 19.8 Å². The van der Waals surface area contributed by atoms with Crippen LogP contribution in [0.5, 0.6) is 11.5 Å². The Balaban J connectivity index is 0.000000355. The number of hydrogen-bond donors (Lipinski definition) is 2. The Labute approximate surface area is 211 Å². The van der Waals surface area contributed by atoms with E-state index in [1.54, 1.807) is 19.9 Å². The number of ether oxygens (including phenoxy) is 2. The molecule has 0 aliphatic heterocycles. The lowest BCUT2D eigenvalue weighted by atomic mass is 9.89. The largest absolute Gasteiger partial charge is 0.496 e. The molecule has 0 aliphatic carbocycles. The van der Waals surface area contributed by atoms with Gasteiger partial charge >= 0.3 is 18.1 Å². The molecule has 0 aliphatic rings. The first-order valence-corrected chi connectivity index (χ1v) is 11.4. The lowest BCUT2D eigenvalue weighted by Crippen LogP contribution is -2.15. The second-order valence-corrected chi connectivity index (χ2v) is 9.29. The van der Waals surface area contributed by atoms with Crippen molar-refractivity contribution in [2.45, 2.75) is 59.6 Å². The minimum absolute atomic E-state index is 0.0239. The van der Waals surface area contributed by atoms with Crippen molar-refractivity contribution in [3.05, 3.63) is 55.5 Å². The van der Waals surface area contributed by atoms with Crippen molar-refractivity contribution in [3.63, 3.8) is 0 Å². The highest BCUT2D eigenvalue weighted by molar-refractivity contribution is 9.10. The van der Waals surface area contributed by atoms with E-state index in [0.717, 1.165) is 15.6 Å². The van der Waals surface area contributed by atoms with Crippen LogP contribution in [-0.2, 0) is 6.18 Å². The Morgan fingerprint density at radius 2 is 1.20 bits per heavy atom. The molecule has 0 saturated carbocycles. The SMILES string of the molecule is COc1c(C(=O)O)cc(Br)c(C(C)C)c1C.COc1c(C(=O)O)cc(C(F)(F)F)c(C(C)C)c1C. The maximum atomic E-state index is 13.0. The predicted octanol–water partition coefficient (Wildman–Crippen LogP) is 7.43. The van der Waals surface area contributed by atoms with Gasteiger partial charge in [-0.15, -0.1) is 0 Å². The number of halogens is 4. The second-order valence-electron chi connectivity index (χ2n) is 8.44. The number of aromatic carboxylic acids is 2. The standard InChI is InChI=1S/C13H15F3O3.C12H15BrO3/c1-6(2)10-7(3)11(19-4)8(12(17)18)5-9(10)13(14,15)16;1-6(2)10-7(3)11(16-4)8(12(14)15)5-9(10)13/h5-6H,1-4H3,(H,17,18);5-6H,1-4H3,(H,14,15). The number of carbonyl (C=O) groups is 2. The first-order valence-electron chi connectivity index (χ1n) is 10.6. The summed E-state index contributed by atoms with van der Waals surface area (Å²) in [4.78, 5) is 22.1. The molecular formula is C25H30BrF3O6. The van der Waals surface area contributed by atoms with Crippen molar-refractivity contribution >= 4 is 27.9 Å². The summed E-state index contributed by atoms with van der Waals surface area (Å²) in [6.45, 7) is 10.7. The van der Waals surface area contributed by atoms with Gasteiger partial charge in [-0.3, -0.25) is 0 Å². The zero-order valence-electron chi connectivity index (χ0n) is 20.8. The van der Waals surface area contributed by atoms with Gasteiger partial charge in [0.15, 0.2) is 0 Å². The fourth-order valence-electron chi connectivity index (χ4n) is 4.12. The molecule has 2 aromatic rings. The van der Waals surface area contributed by atoms with Crippen LogP contribution in [0.3, 0.4) is 0 Å². The van der Waals surface area contributed by atoms with E-state index in [2.05, 4.69) is 29.8 Å². The van der Waals surface area contributed by atoms with E-state index < -0.39 is 35.2 Å². The van der Waals surface area contributed by atoms with E-state index in [4.69, 9.17) is 19.7 Å². The number of carboxylic acid groups (broad SMARTS) is 2. The molecule has 0 spiro atoms. The number of carboxylic acids is 2. The van der Waals surface area contributed by atoms with Crippen molar-refractivity contribution in [2.24, 2.45) is 0 Å². The smallest absolute Gasteiger partial charge is 0.416 e. The van der Waals surface area contributed by atoms with Crippen LogP contribution in [0.25, 0.3) is 0 Å². The summed E-state index contributed by atoms with van der Waals surface area (Å²) in [5.74, 6) is -2.08. The third-order valence-electron chi connectivity index (χ3n) is 5.41. The molecule has 35 heavy (non-hydrogen) atoms. The van der Waals surface area contributed by atoms with Gasteiger partial charge < -0.3 is 19.7 Å². The molecule has 2 N–H and O–H groups in total. The van der Waals surface area contributed by atoms with Gasteiger partial charge in [-0.25, -0.2) is 9.59 Å². The van der Waals surface area contributed by atoms with E-state index in [-0.39, 0.29) is 22.4 Å². The second kappa shape index (κ2) is 11.8. The summed E-state index contributed by atoms with van der Waals surface area (Å²) in [5.41, 5.74) is 1.04. The Kier molecular flexibility index (Phi) is 10.2. The molecule has 0 unspecified atom stereocenters. The minimum Gasteiger partial charge on any atom is -0.496 e. The van der Waals surface area contributed by atoms with Crippen LogP contribution in [0.1, 0.15) is 88.1 Å². The van der Waals surface area contributed by atoms with E-state index in [0.29, 0.717) is 17.7 Å². The van der Waals surface area contributed by atoms with E-state index in [9.17, 15) is 22.8 Å². The Bertz CT molecular complexity index is 1110. The van der Waals surface area contributed by atoms with Crippen LogP contribution in [0, 0.1) is 13.8 Å². The molecule has 0 amide bonds. The van der Waals surface area contributed by atoms with E-state index >= 15 is 0 Å². The predicted molar refractivity (Wildman–Crippen MR) is 130 cm³/mol. The molecule has 0 radical (unpaired) electrons. The Morgan fingerprint density at radius 3 is 1.51 bits per heavy atom. The maximum Gasteiger partial charge on any atom is 0.416 e. The third kappa shape index (κ3) is 6.68. The normalized spacial score (nSPS) is 11.3. The highest BCUT2D eigenvalue weighted by Crippen LogP contribution is 2.42. The first kappa shape index (κ1) is 30.3. The summed E-state index contributed by atoms with van der Waals surface area (Å²) in [6, 6.07) is 2.24. The summed E-state index contributed by atoms with van der Waals surface area (Å²) in [6.07, 6.45) is -4.60. The molecule has 0 heterocycles. The van der Waals surface area contributed by atoms with Gasteiger partial charge in [-0.05, 0) is 60.1 Å². The average molecular weight is 563 g/mol. The van der Waals surface area contributed by atoms with Gasteiger partial charge in [0.25, 0.3) is 0 Å². The highest BCUT2D eigenvalue weighted by atomic mass is 79.9. The number of hydrogen-bond acceptors (Lipinski definition) is 4. The Morgan fingerprint density at radius 1 is 0.829 bits per heavy atom. The maximum absolute atomic E-state index is 13.0. The summed E-state index contributed by atoms with van der Waals surface area (Å²) in [7, 11) is 2.74. The molecule has 0 fully saturated rings. The van der Waals surface area contributed by atoms with Crippen LogP contribution in [0.2, 0.25) is 0 Å². The van der Waals surface area contributed by atoms with Crippen LogP contribution in [0.4, 0.5) is 13.2 Å². The van der Waals surface area contributed by atoms with Crippen molar-refractivity contribution < 1.29 is 42.4 Å². The zero-order chi connectivity index (χ0) is 27.4. The molecule has 6 nitrogen and oxygen atoms in total. The van der Waals surface area contributed by atoms with Gasteiger partial charge in [0.1, 0.15) is 22.6 Å². The van der Waals surface area contributed by atoms with Crippen LogP contribution in [0.15, 0.2) is 16.6 Å². The molecule has 10 heteroatoms. The number of methoxy groups -OCH3 is 2. The zero-order valence-corrected chi connectivity index (χ0v) is 22.4. The molecule has 2 aromatic carbocycles. The summed E-state index contributed by atoms with van der Waals surface area (Å²) >= 11 is 3.41. The van der Waals surface area contributed by atoms with E-state index in [1.165, 1.54) is 21.1 Å². The van der Waals surface area contributed by atoms with E-state index in [1.807, 2.05) is 6.92 Å². The summed E-state index contributed by atoms with van der Waals surface area (Å²) < 4.78 is 50.0. The summed E-state index contributed by atoms with van der Waals surface area (Å²) in [5, 5.41) is 18.1. The molecule has 0 saturated heterocycles. The lowest BCUT2D eigenvalue weighted by Gasteiger charge is -2.21. The van der Waals surface area contributed by atoms with Crippen molar-refractivity contribution in [1.29, 1.82) is 0 Å². The van der Waals surface area contributed by atoms with Gasteiger partial charge in [-0.2, -0.15) is 13.2 Å². The van der Waals surface area contributed by atoms with Crippen molar-refractivity contribution in [1.82, 2.24) is 0 Å². The molecule has 0 aromatic heterocycles. The Hall–Kier alpha value is -2.75. The molecule has 2 rings (SSSR count). The fraction of sp³-hybridized carbons (Fsp3) is 0.440. The molecule has 0 atom stereocenters. The van der Waals surface area contributed by atoms with Gasteiger partial charge in [0.2, 0.25) is 0 Å². The number of alkyl halides is 3. The fourth-order valence-corrected chi connectivity index (χ4v) is 5.10. The molecule has 0 bridgehead atoms. The van der Waals surface area contributed by atoms with Crippen LogP contribution < -0.4 is 9.47 Å². The van der Waals surface area contributed by atoms with Gasteiger partial charge in [-0.1, -0.05) is 43.6 Å². The number of rotatable bonds is 6. The van der Waals surface area contributed by atoms with Gasteiger partial charge in [0, 0.05) is 4.47 Å². The van der Waals surface area contributed by atoms with Crippen LogP contribution >= 0.6 is 15.9 Å². The molecule has 194 valence electrons. The number of benzene rings is 2. The monoisotopic (exact) mass is 562 g/mol. The van der Waals surface area contributed by atoms with Crippen molar-refractivity contribution in [3.8, 4) is 11.5 Å². The highest BCUT2D eigenvalue weighted by Gasteiger charge is 2.37. The third-order valence-corrected chi connectivity index (χ3v) is 6.07. The lowest BCUT2D eigenvalue weighted by molar-refractivity contribution is -0.138. The average Bonchev–Trinajstić information content (AvgIpc) is 2.71. The van der Waals surface area contributed by atoms with Crippen molar-refractivity contribution in [2.75, 3.05) is 14.2 Å². The first-order chi connectivity index (χ1) is 16.0. The molecular weight excluding hydrogens is 533 g/mol. The van der Waals surface area contributed by atoms with Crippen LogP contribution in [-0.4, -0.2) is 36.4 Å². The topological polar surface area (TPSA) is 93.1 Å².